The lowest BCUT2D eigenvalue weighted by Gasteiger charge is -2.12. The molecule has 1 atom stereocenters. The van der Waals surface area contributed by atoms with Crippen molar-refractivity contribution in [3.05, 3.63) is 59.7 Å². The molecule has 31 heavy (non-hydrogen) atoms. The molecule has 0 unspecified atom stereocenters. The average molecular weight is 425 g/mol. The van der Waals surface area contributed by atoms with Gasteiger partial charge in [-0.15, -0.1) is 0 Å². The summed E-state index contributed by atoms with van der Waals surface area (Å²) in [4.78, 5) is 47.8. The molecule has 1 fully saturated rings. The number of anilines is 2. The van der Waals surface area contributed by atoms with E-state index in [1.165, 1.54) is 19.2 Å². The zero-order valence-electron chi connectivity index (χ0n) is 17.0. The number of amides is 3. The van der Waals surface area contributed by atoms with Crippen molar-refractivity contribution in [3.8, 4) is 0 Å². The highest BCUT2D eigenvalue weighted by atomic mass is 16.5. The summed E-state index contributed by atoms with van der Waals surface area (Å²) in [6, 6.07) is 12.8. The number of esters is 1. The van der Waals surface area contributed by atoms with Crippen molar-refractivity contribution in [2.45, 2.75) is 18.9 Å². The molecule has 9 nitrogen and oxygen atoms in total. The Balaban J connectivity index is 1.57. The number of hydrogen-bond acceptors (Lipinski definition) is 6. The number of methoxy groups -OCH3 is 1. The fourth-order valence-corrected chi connectivity index (χ4v) is 2.98. The fourth-order valence-electron chi connectivity index (χ4n) is 2.98. The van der Waals surface area contributed by atoms with Gasteiger partial charge in [-0.1, -0.05) is 6.07 Å². The Labute approximate surface area is 179 Å². The Morgan fingerprint density at radius 3 is 2.42 bits per heavy atom. The van der Waals surface area contributed by atoms with Gasteiger partial charge in [-0.25, -0.2) is 0 Å². The van der Waals surface area contributed by atoms with E-state index >= 15 is 0 Å². The lowest BCUT2D eigenvalue weighted by molar-refractivity contribution is -0.139. The molecule has 1 saturated heterocycles. The van der Waals surface area contributed by atoms with E-state index in [2.05, 4.69) is 20.7 Å². The van der Waals surface area contributed by atoms with Crippen molar-refractivity contribution >= 4 is 35.1 Å². The van der Waals surface area contributed by atoms with Gasteiger partial charge >= 0.3 is 5.97 Å². The van der Waals surface area contributed by atoms with Crippen LogP contribution in [0, 0.1) is 0 Å². The van der Waals surface area contributed by atoms with Crippen molar-refractivity contribution in [2.24, 2.45) is 0 Å². The molecule has 2 aromatic carbocycles. The van der Waals surface area contributed by atoms with Gasteiger partial charge < -0.3 is 25.4 Å². The number of nitrogens with one attached hydrogen (secondary N) is 3. The van der Waals surface area contributed by atoms with Gasteiger partial charge in [-0.2, -0.15) is 0 Å². The molecular formula is C22H23N3O6. The van der Waals surface area contributed by atoms with Crippen molar-refractivity contribution < 1.29 is 28.7 Å². The predicted octanol–water partition coefficient (Wildman–Crippen LogP) is 1.96. The van der Waals surface area contributed by atoms with Crippen molar-refractivity contribution in [1.82, 2.24) is 5.32 Å². The van der Waals surface area contributed by atoms with Crippen LogP contribution in [-0.2, 0) is 19.1 Å². The maximum absolute atomic E-state index is 12.6. The van der Waals surface area contributed by atoms with Gasteiger partial charge in [0.2, 0.25) is 0 Å². The molecule has 3 rings (SSSR count). The molecule has 162 valence electrons. The quantitative estimate of drug-likeness (QED) is 0.583. The molecule has 0 spiro atoms. The summed E-state index contributed by atoms with van der Waals surface area (Å²) < 4.78 is 9.83. The summed E-state index contributed by atoms with van der Waals surface area (Å²) in [7, 11) is 1.24. The van der Waals surface area contributed by atoms with Crippen LogP contribution in [0.1, 0.15) is 33.6 Å². The van der Waals surface area contributed by atoms with Gasteiger partial charge in [-0.05, 0) is 55.3 Å². The molecule has 1 aliphatic heterocycles. The molecule has 0 aromatic heterocycles. The van der Waals surface area contributed by atoms with E-state index in [1.54, 1.807) is 36.4 Å². The van der Waals surface area contributed by atoms with Crippen LogP contribution in [0.15, 0.2) is 48.5 Å². The molecule has 9 heteroatoms. The first kappa shape index (κ1) is 22.0. The second-order valence-electron chi connectivity index (χ2n) is 6.86. The Morgan fingerprint density at radius 1 is 0.968 bits per heavy atom. The number of carbonyl (C=O) groups is 4. The zero-order valence-corrected chi connectivity index (χ0v) is 17.0. The van der Waals surface area contributed by atoms with Crippen LogP contribution in [0.25, 0.3) is 0 Å². The third-order valence-corrected chi connectivity index (χ3v) is 4.64. The second-order valence-corrected chi connectivity index (χ2v) is 6.86. The van der Waals surface area contributed by atoms with E-state index < -0.39 is 18.0 Å². The molecule has 3 amide bonds. The van der Waals surface area contributed by atoms with Crippen LogP contribution in [0.3, 0.4) is 0 Å². The molecule has 0 bridgehead atoms. The molecule has 0 saturated carbocycles. The predicted molar refractivity (Wildman–Crippen MR) is 113 cm³/mol. The monoisotopic (exact) mass is 425 g/mol. The molecule has 1 heterocycles. The maximum atomic E-state index is 12.6. The van der Waals surface area contributed by atoms with E-state index in [1.807, 2.05) is 0 Å². The fraction of sp³-hybridized carbons (Fsp3) is 0.273. The van der Waals surface area contributed by atoms with Gasteiger partial charge in [0.15, 0.2) is 0 Å². The van der Waals surface area contributed by atoms with Gasteiger partial charge in [-0.3, -0.25) is 19.2 Å². The van der Waals surface area contributed by atoms with Crippen LogP contribution >= 0.6 is 0 Å². The lowest BCUT2D eigenvalue weighted by atomic mass is 10.1. The summed E-state index contributed by atoms with van der Waals surface area (Å²) in [5, 5.41) is 7.94. The average Bonchev–Trinajstić information content (AvgIpc) is 3.33. The third kappa shape index (κ3) is 6.13. The van der Waals surface area contributed by atoms with E-state index in [0.717, 1.165) is 6.42 Å². The van der Waals surface area contributed by atoms with E-state index in [-0.39, 0.29) is 18.4 Å². The molecule has 1 aliphatic rings. The summed E-state index contributed by atoms with van der Waals surface area (Å²) in [6.07, 6.45) is 1.08. The van der Waals surface area contributed by atoms with Crippen LogP contribution in [0.5, 0.6) is 0 Å². The molecule has 2 aromatic rings. The van der Waals surface area contributed by atoms with Crippen molar-refractivity contribution in [2.75, 3.05) is 30.9 Å². The Morgan fingerprint density at radius 2 is 1.74 bits per heavy atom. The Bertz CT molecular complexity index is 967. The van der Waals surface area contributed by atoms with E-state index in [9.17, 15) is 19.2 Å². The van der Waals surface area contributed by atoms with Gasteiger partial charge in [0.05, 0.1) is 7.11 Å². The summed E-state index contributed by atoms with van der Waals surface area (Å²) in [5.41, 5.74) is 1.69. The van der Waals surface area contributed by atoms with Crippen LogP contribution in [-0.4, -0.2) is 50.1 Å². The first-order chi connectivity index (χ1) is 15.0. The topological polar surface area (TPSA) is 123 Å². The van der Waals surface area contributed by atoms with Gasteiger partial charge in [0, 0.05) is 29.1 Å². The minimum atomic E-state index is -0.550. The smallest absolute Gasteiger partial charge is 0.325 e. The molecule has 0 radical (unpaired) electrons. The van der Waals surface area contributed by atoms with Gasteiger partial charge in [0.1, 0.15) is 12.6 Å². The summed E-state index contributed by atoms with van der Waals surface area (Å²) in [6.45, 7) is 0.347. The number of hydrogen-bond donors (Lipinski definition) is 3. The molecule has 3 N–H and O–H groups in total. The van der Waals surface area contributed by atoms with E-state index in [4.69, 9.17) is 4.74 Å². The Hall–Kier alpha value is -3.72. The highest BCUT2D eigenvalue weighted by molar-refractivity contribution is 6.06. The lowest BCUT2D eigenvalue weighted by Crippen LogP contribution is -2.30. The highest BCUT2D eigenvalue weighted by Gasteiger charge is 2.23. The standard InChI is InChI=1S/C22H23N3O6/c1-30-19(26)13-23-20(27)14-7-9-16(10-8-14)24-21(28)15-4-2-5-17(12-15)25-22(29)18-6-3-11-31-18/h2,4-5,7-10,12,18H,3,6,11,13H2,1H3,(H,23,27)(H,24,28)(H,25,29)/t18-/m0/s1. The SMILES string of the molecule is COC(=O)CNC(=O)c1ccc(NC(=O)c2cccc(NC(=O)[C@@H]3CCCO3)c2)cc1. The molecular weight excluding hydrogens is 402 g/mol. The largest absolute Gasteiger partial charge is 0.468 e. The van der Waals surface area contributed by atoms with Crippen LogP contribution in [0.2, 0.25) is 0 Å². The van der Waals surface area contributed by atoms with Crippen molar-refractivity contribution in [1.29, 1.82) is 0 Å². The maximum Gasteiger partial charge on any atom is 0.325 e. The number of carbonyl (C=O) groups excluding carboxylic acids is 4. The number of benzene rings is 2. The third-order valence-electron chi connectivity index (χ3n) is 4.64. The zero-order chi connectivity index (χ0) is 22.2. The first-order valence-electron chi connectivity index (χ1n) is 9.75. The minimum Gasteiger partial charge on any atom is -0.468 e. The van der Waals surface area contributed by atoms with Crippen LogP contribution in [0.4, 0.5) is 11.4 Å². The highest BCUT2D eigenvalue weighted by Crippen LogP contribution is 2.17. The minimum absolute atomic E-state index is 0.226. The number of ether oxygens (including phenoxy) is 2. The van der Waals surface area contributed by atoms with Gasteiger partial charge in [0.25, 0.3) is 17.7 Å². The number of rotatable bonds is 7. The first-order valence-corrected chi connectivity index (χ1v) is 9.75. The molecule has 0 aliphatic carbocycles. The normalized spacial score (nSPS) is 15.1. The van der Waals surface area contributed by atoms with Crippen LogP contribution < -0.4 is 16.0 Å². The Kier molecular flexibility index (Phi) is 7.34. The van der Waals surface area contributed by atoms with Crippen molar-refractivity contribution in [3.63, 3.8) is 0 Å². The van der Waals surface area contributed by atoms with E-state index in [0.29, 0.717) is 35.5 Å². The summed E-state index contributed by atoms with van der Waals surface area (Å²) >= 11 is 0. The second kappa shape index (κ2) is 10.4. The summed E-state index contributed by atoms with van der Waals surface area (Å²) in [5.74, 6) is -1.57.